The van der Waals surface area contributed by atoms with Crippen LogP contribution in [0.2, 0.25) is 0 Å². The van der Waals surface area contributed by atoms with Gasteiger partial charge in [-0.05, 0) is 56.9 Å². The molecule has 31 heavy (non-hydrogen) atoms. The van der Waals surface area contributed by atoms with Gasteiger partial charge in [-0.15, -0.1) is 0 Å². The van der Waals surface area contributed by atoms with E-state index in [2.05, 4.69) is 4.98 Å². The molecule has 1 fully saturated rings. The second-order valence-corrected chi connectivity index (χ2v) is 7.52. The molecule has 1 amide bonds. The number of amides is 1. The number of aromatic nitrogens is 1. The fraction of sp³-hybridized carbons (Fsp3) is 0.435. The standard InChI is InChI=1S/C23H28N2O6/c1-5-30-23(28)21-14(2)20(15(3)24-21)22(27)31-13-19(26)25(17-8-9-17)12-16-6-10-18(29-4)11-7-16/h6-7,10-11,17,24H,5,8-9,12-13H2,1-4H3. The van der Waals surface area contributed by atoms with Gasteiger partial charge in [0.15, 0.2) is 6.61 Å². The molecule has 0 saturated heterocycles. The Labute approximate surface area is 181 Å². The van der Waals surface area contributed by atoms with Crippen LogP contribution >= 0.6 is 0 Å². The van der Waals surface area contributed by atoms with Crippen LogP contribution in [0.25, 0.3) is 0 Å². The predicted octanol–water partition coefficient (Wildman–Crippen LogP) is 3.16. The highest BCUT2D eigenvalue weighted by Gasteiger charge is 2.33. The number of nitrogens with one attached hydrogen (secondary N) is 1. The summed E-state index contributed by atoms with van der Waals surface area (Å²) < 4.78 is 15.5. The van der Waals surface area contributed by atoms with Crippen molar-refractivity contribution < 1.29 is 28.6 Å². The fourth-order valence-electron chi connectivity index (χ4n) is 3.48. The van der Waals surface area contributed by atoms with Crippen molar-refractivity contribution in [2.24, 2.45) is 0 Å². The smallest absolute Gasteiger partial charge is 0.355 e. The molecule has 0 radical (unpaired) electrons. The van der Waals surface area contributed by atoms with Crippen molar-refractivity contribution in [1.29, 1.82) is 0 Å². The minimum atomic E-state index is -0.643. The van der Waals surface area contributed by atoms with E-state index in [0.717, 1.165) is 24.2 Å². The lowest BCUT2D eigenvalue weighted by Gasteiger charge is -2.22. The number of H-pyrrole nitrogens is 1. The molecule has 0 atom stereocenters. The Hall–Kier alpha value is -3.29. The molecule has 1 aliphatic rings. The van der Waals surface area contributed by atoms with Crippen molar-refractivity contribution in [3.63, 3.8) is 0 Å². The number of carbonyl (C=O) groups is 3. The molecule has 1 aromatic heterocycles. The quantitative estimate of drug-likeness (QED) is 0.616. The van der Waals surface area contributed by atoms with Gasteiger partial charge in [0, 0.05) is 18.3 Å². The number of carbonyl (C=O) groups excluding carboxylic acids is 3. The molecule has 0 spiro atoms. The summed E-state index contributed by atoms with van der Waals surface area (Å²) in [5, 5.41) is 0. The lowest BCUT2D eigenvalue weighted by atomic mass is 10.1. The molecular weight excluding hydrogens is 400 g/mol. The van der Waals surface area contributed by atoms with Crippen LogP contribution < -0.4 is 4.74 Å². The summed E-state index contributed by atoms with van der Waals surface area (Å²) >= 11 is 0. The van der Waals surface area contributed by atoms with Crippen molar-refractivity contribution in [2.75, 3.05) is 20.3 Å². The third-order valence-corrected chi connectivity index (χ3v) is 5.27. The zero-order chi connectivity index (χ0) is 22.5. The largest absolute Gasteiger partial charge is 0.497 e. The predicted molar refractivity (Wildman–Crippen MR) is 113 cm³/mol. The van der Waals surface area contributed by atoms with E-state index in [1.54, 1.807) is 32.8 Å². The molecular formula is C23H28N2O6. The maximum Gasteiger partial charge on any atom is 0.355 e. The van der Waals surface area contributed by atoms with Gasteiger partial charge in [-0.25, -0.2) is 9.59 Å². The molecule has 1 N–H and O–H groups in total. The second-order valence-electron chi connectivity index (χ2n) is 7.52. The lowest BCUT2D eigenvalue weighted by molar-refractivity contribution is -0.135. The number of methoxy groups -OCH3 is 1. The molecule has 0 bridgehead atoms. The van der Waals surface area contributed by atoms with Crippen molar-refractivity contribution in [1.82, 2.24) is 9.88 Å². The molecule has 3 rings (SSSR count). The van der Waals surface area contributed by atoms with Crippen LogP contribution in [0.5, 0.6) is 5.75 Å². The lowest BCUT2D eigenvalue weighted by Crippen LogP contribution is -2.36. The monoisotopic (exact) mass is 428 g/mol. The average molecular weight is 428 g/mol. The highest BCUT2D eigenvalue weighted by molar-refractivity contribution is 5.99. The molecule has 2 aromatic rings. The first-order valence-corrected chi connectivity index (χ1v) is 10.3. The minimum absolute atomic E-state index is 0.166. The highest BCUT2D eigenvalue weighted by atomic mass is 16.5. The van der Waals surface area contributed by atoms with Crippen LogP contribution in [0.4, 0.5) is 0 Å². The van der Waals surface area contributed by atoms with E-state index in [1.165, 1.54) is 0 Å². The van der Waals surface area contributed by atoms with Crippen molar-refractivity contribution >= 4 is 17.8 Å². The number of rotatable bonds is 9. The summed E-state index contributed by atoms with van der Waals surface area (Å²) in [6, 6.07) is 7.69. The minimum Gasteiger partial charge on any atom is -0.497 e. The van der Waals surface area contributed by atoms with Gasteiger partial charge in [0.25, 0.3) is 5.91 Å². The van der Waals surface area contributed by atoms with E-state index in [4.69, 9.17) is 14.2 Å². The number of nitrogens with zero attached hydrogens (tertiary/aromatic N) is 1. The maximum atomic E-state index is 12.8. The van der Waals surface area contributed by atoms with Crippen LogP contribution in [0.1, 0.15) is 57.4 Å². The third-order valence-electron chi connectivity index (χ3n) is 5.27. The number of esters is 2. The van der Waals surface area contributed by atoms with Gasteiger partial charge in [0.2, 0.25) is 0 Å². The first-order valence-electron chi connectivity index (χ1n) is 10.3. The van der Waals surface area contributed by atoms with E-state index >= 15 is 0 Å². The van der Waals surface area contributed by atoms with Gasteiger partial charge in [-0.1, -0.05) is 12.1 Å². The summed E-state index contributed by atoms with van der Waals surface area (Å²) in [4.78, 5) is 42.1. The van der Waals surface area contributed by atoms with E-state index in [1.807, 2.05) is 24.3 Å². The first-order chi connectivity index (χ1) is 14.8. The summed E-state index contributed by atoms with van der Waals surface area (Å²) in [6.07, 6.45) is 1.88. The Kier molecular flexibility index (Phi) is 6.99. The Morgan fingerprint density at radius 3 is 2.32 bits per heavy atom. The topological polar surface area (TPSA) is 97.9 Å². The van der Waals surface area contributed by atoms with E-state index in [-0.39, 0.29) is 36.4 Å². The maximum absolute atomic E-state index is 12.8. The third kappa shape index (κ3) is 5.25. The summed E-state index contributed by atoms with van der Waals surface area (Å²) in [5.74, 6) is -0.669. The van der Waals surface area contributed by atoms with E-state index < -0.39 is 11.9 Å². The van der Waals surface area contributed by atoms with Crippen LogP contribution in [-0.2, 0) is 20.8 Å². The number of ether oxygens (including phenoxy) is 3. The molecule has 1 aliphatic carbocycles. The summed E-state index contributed by atoms with van der Waals surface area (Å²) in [7, 11) is 1.60. The van der Waals surface area contributed by atoms with E-state index in [0.29, 0.717) is 17.8 Å². The zero-order valence-corrected chi connectivity index (χ0v) is 18.3. The van der Waals surface area contributed by atoms with Crippen molar-refractivity contribution in [3.8, 4) is 5.75 Å². The van der Waals surface area contributed by atoms with Gasteiger partial charge in [0.05, 0.1) is 19.3 Å². The molecule has 0 aliphatic heterocycles. The molecule has 1 saturated carbocycles. The summed E-state index contributed by atoms with van der Waals surface area (Å²) in [6.45, 7) is 5.35. The Bertz CT molecular complexity index is 959. The van der Waals surface area contributed by atoms with Crippen molar-refractivity contribution in [3.05, 3.63) is 52.3 Å². The van der Waals surface area contributed by atoms with Gasteiger partial charge in [-0.3, -0.25) is 4.79 Å². The van der Waals surface area contributed by atoms with Crippen LogP contribution in [0.3, 0.4) is 0 Å². The number of aryl methyl sites for hydroxylation is 1. The Morgan fingerprint density at radius 2 is 1.74 bits per heavy atom. The Morgan fingerprint density at radius 1 is 1.06 bits per heavy atom. The summed E-state index contributed by atoms with van der Waals surface area (Å²) in [5.41, 5.74) is 2.39. The normalized spacial score (nSPS) is 12.9. The van der Waals surface area contributed by atoms with Gasteiger partial charge in [0.1, 0.15) is 11.4 Å². The number of hydrogen-bond donors (Lipinski definition) is 1. The van der Waals surface area contributed by atoms with Crippen LogP contribution in [0.15, 0.2) is 24.3 Å². The SMILES string of the molecule is CCOC(=O)c1[nH]c(C)c(C(=O)OCC(=O)N(Cc2ccc(OC)cc2)C2CC2)c1C. The first kappa shape index (κ1) is 22.4. The van der Waals surface area contributed by atoms with Crippen molar-refractivity contribution in [2.45, 2.75) is 46.2 Å². The van der Waals surface area contributed by atoms with Gasteiger partial charge < -0.3 is 24.1 Å². The highest BCUT2D eigenvalue weighted by Crippen LogP contribution is 2.29. The molecule has 166 valence electrons. The molecule has 8 heteroatoms. The molecule has 8 nitrogen and oxygen atoms in total. The molecule has 0 unspecified atom stereocenters. The molecule has 1 heterocycles. The number of hydrogen-bond acceptors (Lipinski definition) is 6. The average Bonchev–Trinajstić information content (AvgIpc) is 3.55. The second kappa shape index (κ2) is 9.68. The Balaban J connectivity index is 1.64. The molecule has 1 aromatic carbocycles. The number of aromatic amines is 1. The zero-order valence-electron chi connectivity index (χ0n) is 18.3. The van der Waals surface area contributed by atoms with Gasteiger partial charge >= 0.3 is 11.9 Å². The number of benzene rings is 1. The van der Waals surface area contributed by atoms with E-state index in [9.17, 15) is 14.4 Å². The fourth-order valence-corrected chi connectivity index (χ4v) is 3.48. The van der Waals surface area contributed by atoms with Crippen LogP contribution in [-0.4, -0.2) is 54.1 Å². The van der Waals surface area contributed by atoms with Crippen LogP contribution in [0, 0.1) is 13.8 Å². The van der Waals surface area contributed by atoms with Gasteiger partial charge in [-0.2, -0.15) is 0 Å².